The van der Waals surface area contributed by atoms with Gasteiger partial charge in [0.15, 0.2) is 0 Å². The Labute approximate surface area is 133 Å². The summed E-state index contributed by atoms with van der Waals surface area (Å²) < 4.78 is 5.43. The van der Waals surface area contributed by atoms with Crippen LogP contribution in [-0.2, 0) is 4.74 Å². The lowest BCUT2D eigenvalue weighted by atomic mass is 10.0. The molecule has 23 heavy (non-hydrogen) atoms. The maximum absolute atomic E-state index is 12.2. The Kier molecular flexibility index (Phi) is 2.75. The van der Waals surface area contributed by atoms with Crippen LogP contribution in [0.4, 0.5) is 5.69 Å². The molecule has 5 heteroatoms. The minimum absolute atomic E-state index is 0.309. The molecule has 4 rings (SSSR count). The molecule has 1 aliphatic heterocycles. The molecule has 0 amide bonds. The average molecular weight is 305 g/mol. The third kappa shape index (κ3) is 2.34. The predicted molar refractivity (Wildman–Crippen MR) is 85.9 cm³/mol. The van der Waals surface area contributed by atoms with Gasteiger partial charge in [-0.05, 0) is 78.2 Å². The van der Waals surface area contributed by atoms with Gasteiger partial charge in [-0.3, -0.25) is 0 Å². The fourth-order valence-corrected chi connectivity index (χ4v) is 2.78. The smallest absolute Gasteiger partial charge is 0.338 e. The first-order valence-electron chi connectivity index (χ1n) is 7.43. The molecule has 0 atom stereocenters. The van der Waals surface area contributed by atoms with E-state index in [1.54, 1.807) is 6.07 Å². The van der Waals surface area contributed by atoms with E-state index in [1.807, 2.05) is 51.1 Å². The number of rotatable bonds is 1. The number of ether oxygens (including phenoxy) is 1. The summed E-state index contributed by atoms with van der Waals surface area (Å²) in [5, 5.41) is 13.5. The van der Waals surface area contributed by atoms with Crippen molar-refractivity contribution in [3.63, 3.8) is 0 Å². The first-order valence-corrected chi connectivity index (χ1v) is 7.43. The highest BCUT2D eigenvalue weighted by molar-refractivity contribution is 5.93. The Morgan fingerprint density at radius 2 is 1.91 bits per heavy atom. The molecule has 0 unspecified atom stereocenters. The molecule has 0 fully saturated rings. The number of carbonyl (C=O) groups excluding carboxylic acids is 1. The van der Waals surface area contributed by atoms with Gasteiger partial charge in [-0.25, -0.2) is 4.79 Å². The van der Waals surface area contributed by atoms with Gasteiger partial charge in [-0.2, -0.15) is 0 Å². The molecule has 0 saturated heterocycles. The minimum Gasteiger partial charge on any atom is -0.456 e. The standard InChI is InChI=1S/C18H15N3O2/c1-18(2,3)23-17(22)10-4-5-13-11(6-10)7-12-8-15-16(9-14(12)13)20-21-19-15/h4-9H,1-3H3. The number of fused-ring (bicyclic) bond motifs is 4. The summed E-state index contributed by atoms with van der Waals surface area (Å²) in [6.45, 7) is 5.58. The predicted octanol–water partition coefficient (Wildman–Crippen LogP) is 3.08. The molecule has 2 aromatic rings. The summed E-state index contributed by atoms with van der Waals surface area (Å²) in [6.07, 6.45) is 2.05. The van der Waals surface area contributed by atoms with Crippen molar-refractivity contribution < 1.29 is 9.53 Å². The van der Waals surface area contributed by atoms with Crippen LogP contribution in [0.15, 0.2) is 45.8 Å². The van der Waals surface area contributed by atoms with Gasteiger partial charge in [-0.15, -0.1) is 10.2 Å². The molecule has 0 aromatic heterocycles. The summed E-state index contributed by atoms with van der Waals surface area (Å²) in [6, 6.07) is 9.58. The summed E-state index contributed by atoms with van der Waals surface area (Å²) in [5.41, 5.74) is 4.00. The van der Waals surface area contributed by atoms with Gasteiger partial charge in [0.25, 0.3) is 0 Å². The van der Waals surface area contributed by atoms with Gasteiger partial charge in [-0.1, -0.05) is 6.07 Å². The van der Waals surface area contributed by atoms with Crippen LogP contribution >= 0.6 is 0 Å². The Morgan fingerprint density at radius 3 is 2.70 bits per heavy atom. The van der Waals surface area contributed by atoms with Crippen molar-refractivity contribution in [1.82, 2.24) is 0 Å². The molecule has 114 valence electrons. The Balaban J connectivity index is 1.77. The number of nitrogens with zero attached hydrogens (tertiary/aromatic N) is 3. The monoisotopic (exact) mass is 305 g/mol. The van der Waals surface area contributed by atoms with Gasteiger partial charge >= 0.3 is 5.97 Å². The largest absolute Gasteiger partial charge is 0.456 e. The van der Waals surface area contributed by atoms with Crippen molar-refractivity contribution in [3.8, 4) is 11.1 Å². The molecule has 1 heterocycles. The van der Waals surface area contributed by atoms with Gasteiger partial charge in [0.1, 0.15) is 16.6 Å². The number of hydrogen-bond donors (Lipinski definition) is 0. The van der Waals surface area contributed by atoms with E-state index in [9.17, 15) is 4.79 Å². The SMILES string of the molecule is CC(C)(C)OC(=O)c1ccc2c(c1)C=c1cc3c(cc1-2)=NN=N3. The number of hydrogen-bond acceptors (Lipinski definition) is 5. The van der Waals surface area contributed by atoms with Crippen LogP contribution < -0.4 is 10.6 Å². The molecule has 0 N–H and O–H groups in total. The highest BCUT2D eigenvalue weighted by atomic mass is 16.6. The Bertz CT molecular complexity index is 998. The molecule has 2 aliphatic rings. The summed E-state index contributed by atoms with van der Waals surface area (Å²) in [5.74, 6) is -0.309. The van der Waals surface area contributed by atoms with Crippen molar-refractivity contribution in [2.24, 2.45) is 15.4 Å². The van der Waals surface area contributed by atoms with Crippen LogP contribution in [0.5, 0.6) is 0 Å². The summed E-state index contributed by atoms with van der Waals surface area (Å²) in [4.78, 5) is 12.2. The Hall–Kier alpha value is -2.82. The second-order valence-electron chi connectivity index (χ2n) is 6.67. The van der Waals surface area contributed by atoms with E-state index in [2.05, 4.69) is 15.4 Å². The number of esters is 1. The highest BCUT2D eigenvalue weighted by Crippen LogP contribution is 2.28. The zero-order valence-corrected chi connectivity index (χ0v) is 13.1. The molecule has 1 aliphatic carbocycles. The highest BCUT2D eigenvalue weighted by Gasteiger charge is 2.21. The van der Waals surface area contributed by atoms with E-state index in [4.69, 9.17) is 4.74 Å². The summed E-state index contributed by atoms with van der Waals surface area (Å²) >= 11 is 0. The van der Waals surface area contributed by atoms with Gasteiger partial charge in [0, 0.05) is 0 Å². The summed E-state index contributed by atoms with van der Waals surface area (Å²) in [7, 11) is 0. The molecular weight excluding hydrogens is 290 g/mol. The number of benzene rings is 2. The quantitative estimate of drug-likeness (QED) is 0.649. The van der Waals surface area contributed by atoms with E-state index < -0.39 is 5.60 Å². The molecule has 0 saturated carbocycles. The van der Waals surface area contributed by atoms with Crippen LogP contribution in [0.2, 0.25) is 0 Å². The van der Waals surface area contributed by atoms with E-state index in [1.165, 1.54) is 0 Å². The fraction of sp³-hybridized carbons (Fsp3) is 0.222. The van der Waals surface area contributed by atoms with Gasteiger partial charge in [0.2, 0.25) is 0 Å². The molecule has 0 bridgehead atoms. The second-order valence-corrected chi connectivity index (χ2v) is 6.67. The van der Waals surface area contributed by atoms with Crippen LogP contribution in [-0.4, -0.2) is 11.6 Å². The molecular formula is C18H15N3O2. The normalized spacial score (nSPS) is 13.7. The van der Waals surface area contributed by atoms with Gasteiger partial charge < -0.3 is 4.74 Å². The van der Waals surface area contributed by atoms with Crippen molar-refractivity contribution in [2.75, 3.05) is 0 Å². The minimum atomic E-state index is -0.504. The maximum atomic E-state index is 12.2. The van der Waals surface area contributed by atoms with Crippen molar-refractivity contribution >= 4 is 17.7 Å². The fourth-order valence-electron chi connectivity index (χ4n) is 2.78. The maximum Gasteiger partial charge on any atom is 0.338 e. The van der Waals surface area contributed by atoms with E-state index in [-0.39, 0.29) is 5.97 Å². The Morgan fingerprint density at radius 1 is 1.09 bits per heavy atom. The first kappa shape index (κ1) is 13.8. The zero-order valence-electron chi connectivity index (χ0n) is 13.1. The van der Waals surface area contributed by atoms with Crippen molar-refractivity contribution in [1.29, 1.82) is 0 Å². The van der Waals surface area contributed by atoms with Crippen LogP contribution in [0.25, 0.3) is 17.2 Å². The van der Waals surface area contributed by atoms with E-state index >= 15 is 0 Å². The van der Waals surface area contributed by atoms with E-state index in [0.717, 1.165) is 33.0 Å². The topological polar surface area (TPSA) is 63.4 Å². The lowest BCUT2D eigenvalue weighted by molar-refractivity contribution is 0.00695. The van der Waals surface area contributed by atoms with Gasteiger partial charge in [0.05, 0.1) is 5.56 Å². The first-order chi connectivity index (χ1) is 10.9. The third-order valence-electron chi connectivity index (χ3n) is 3.74. The molecule has 0 spiro atoms. The lowest BCUT2D eigenvalue weighted by Crippen LogP contribution is -2.23. The molecule has 0 radical (unpaired) electrons. The van der Waals surface area contributed by atoms with E-state index in [0.29, 0.717) is 5.56 Å². The van der Waals surface area contributed by atoms with Crippen LogP contribution in [0, 0.1) is 0 Å². The second kappa shape index (κ2) is 4.59. The average Bonchev–Trinajstić information content (AvgIpc) is 3.05. The third-order valence-corrected chi connectivity index (χ3v) is 3.74. The number of carbonyl (C=O) groups is 1. The van der Waals surface area contributed by atoms with Crippen molar-refractivity contribution in [2.45, 2.75) is 26.4 Å². The zero-order chi connectivity index (χ0) is 16.2. The molecule has 2 aromatic carbocycles. The lowest BCUT2D eigenvalue weighted by Gasteiger charge is -2.19. The van der Waals surface area contributed by atoms with Crippen LogP contribution in [0.3, 0.4) is 0 Å². The van der Waals surface area contributed by atoms with Crippen LogP contribution in [0.1, 0.15) is 36.7 Å². The molecule has 5 nitrogen and oxygen atoms in total. The van der Waals surface area contributed by atoms with Crippen molar-refractivity contribution in [3.05, 3.63) is 52.0 Å².